The number of unbranched alkanes of at least 4 members (excludes halogenated alkanes) is 1. The lowest BCUT2D eigenvalue weighted by Crippen LogP contribution is -2.01. The minimum absolute atomic E-state index is 1.05. The third-order valence-corrected chi connectivity index (χ3v) is 2.63. The normalized spacial score (nSPS) is 10.1. The molecule has 0 aliphatic heterocycles. The first-order valence-corrected chi connectivity index (χ1v) is 5.53. The molecular weight excluding hydrogens is 226 g/mol. The maximum absolute atomic E-state index is 3.54. The Bertz CT molecular complexity index is 271. The van der Waals surface area contributed by atoms with E-state index in [0.717, 1.165) is 11.0 Å². The Hall–Kier alpha value is -0.500. The summed E-state index contributed by atoms with van der Waals surface area (Å²) in [5.41, 5.74) is 2.48. The van der Waals surface area contributed by atoms with Crippen molar-refractivity contribution in [1.29, 1.82) is 0 Å². The molecule has 72 valence electrons. The highest BCUT2D eigenvalue weighted by Crippen LogP contribution is 2.23. The van der Waals surface area contributed by atoms with Crippen LogP contribution in [0.5, 0.6) is 0 Å². The van der Waals surface area contributed by atoms with Crippen LogP contribution in [0.4, 0.5) is 5.69 Å². The summed E-state index contributed by atoms with van der Waals surface area (Å²) in [7, 11) is 0. The summed E-state index contributed by atoms with van der Waals surface area (Å²) in [6.45, 7) is 5.35. The van der Waals surface area contributed by atoms with Crippen molar-refractivity contribution >= 4 is 21.6 Å². The van der Waals surface area contributed by atoms with E-state index in [1.807, 2.05) is 0 Å². The second-order valence-electron chi connectivity index (χ2n) is 3.26. The summed E-state index contributed by atoms with van der Waals surface area (Å²) in [5.74, 6) is 0. The summed E-state index contributed by atoms with van der Waals surface area (Å²) < 4.78 is 1.16. The van der Waals surface area contributed by atoms with Crippen molar-refractivity contribution in [2.24, 2.45) is 0 Å². The van der Waals surface area contributed by atoms with Gasteiger partial charge in [0.15, 0.2) is 0 Å². The predicted octanol–water partition coefficient (Wildman–Crippen LogP) is 3.97. The zero-order valence-electron chi connectivity index (χ0n) is 8.23. The molecule has 13 heavy (non-hydrogen) atoms. The third kappa shape index (κ3) is 3.39. The van der Waals surface area contributed by atoms with Crippen molar-refractivity contribution in [3.63, 3.8) is 0 Å². The van der Waals surface area contributed by atoms with Gasteiger partial charge in [0, 0.05) is 16.7 Å². The van der Waals surface area contributed by atoms with E-state index in [9.17, 15) is 0 Å². The van der Waals surface area contributed by atoms with Gasteiger partial charge in [-0.15, -0.1) is 0 Å². The van der Waals surface area contributed by atoms with E-state index < -0.39 is 0 Å². The molecule has 0 aliphatic rings. The molecule has 1 aromatic carbocycles. The van der Waals surface area contributed by atoms with Crippen molar-refractivity contribution in [2.45, 2.75) is 26.7 Å². The molecule has 1 rings (SSSR count). The number of rotatable bonds is 4. The molecule has 1 aromatic rings. The van der Waals surface area contributed by atoms with Crippen LogP contribution in [-0.4, -0.2) is 6.54 Å². The maximum atomic E-state index is 3.54. The van der Waals surface area contributed by atoms with Gasteiger partial charge in [0.25, 0.3) is 0 Å². The topological polar surface area (TPSA) is 12.0 Å². The second kappa shape index (κ2) is 5.28. The summed E-state index contributed by atoms with van der Waals surface area (Å²) in [6, 6.07) is 6.38. The average Bonchev–Trinajstić information content (AvgIpc) is 2.09. The monoisotopic (exact) mass is 241 g/mol. The Kier molecular flexibility index (Phi) is 4.29. The van der Waals surface area contributed by atoms with Gasteiger partial charge in [-0.25, -0.2) is 0 Å². The quantitative estimate of drug-likeness (QED) is 0.787. The Labute approximate surface area is 88.7 Å². The summed E-state index contributed by atoms with van der Waals surface area (Å²) in [5, 5.41) is 3.39. The zero-order valence-corrected chi connectivity index (χ0v) is 9.82. The van der Waals surface area contributed by atoms with E-state index in [4.69, 9.17) is 0 Å². The molecule has 0 amide bonds. The fourth-order valence-corrected chi connectivity index (χ4v) is 1.80. The first kappa shape index (κ1) is 10.6. The van der Waals surface area contributed by atoms with Crippen molar-refractivity contribution in [1.82, 2.24) is 0 Å². The van der Waals surface area contributed by atoms with Gasteiger partial charge >= 0.3 is 0 Å². The fraction of sp³-hybridized carbons (Fsp3) is 0.455. The number of hydrogen-bond donors (Lipinski definition) is 1. The van der Waals surface area contributed by atoms with E-state index in [2.05, 4.69) is 53.3 Å². The van der Waals surface area contributed by atoms with E-state index in [1.54, 1.807) is 0 Å². The average molecular weight is 242 g/mol. The molecule has 0 atom stereocenters. The highest BCUT2D eigenvalue weighted by molar-refractivity contribution is 9.10. The van der Waals surface area contributed by atoms with Crippen molar-refractivity contribution in [3.05, 3.63) is 28.2 Å². The van der Waals surface area contributed by atoms with Crippen LogP contribution in [0.1, 0.15) is 25.3 Å². The smallest absolute Gasteiger partial charge is 0.0484 e. The molecule has 0 saturated carbocycles. The van der Waals surface area contributed by atoms with Gasteiger partial charge in [-0.3, -0.25) is 0 Å². The SMILES string of the molecule is CCCCNc1ccc(C)cc1Br. The molecule has 0 aromatic heterocycles. The van der Waals surface area contributed by atoms with Gasteiger partial charge in [0.05, 0.1) is 0 Å². The van der Waals surface area contributed by atoms with E-state index in [0.29, 0.717) is 0 Å². The second-order valence-corrected chi connectivity index (χ2v) is 4.12. The highest BCUT2D eigenvalue weighted by Gasteiger charge is 1.97. The van der Waals surface area contributed by atoms with Crippen LogP contribution in [0.15, 0.2) is 22.7 Å². The van der Waals surface area contributed by atoms with Crippen LogP contribution < -0.4 is 5.32 Å². The van der Waals surface area contributed by atoms with E-state index in [-0.39, 0.29) is 0 Å². The minimum atomic E-state index is 1.05. The van der Waals surface area contributed by atoms with Crippen LogP contribution in [0.3, 0.4) is 0 Å². The first-order valence-electron chi connectivity index (χ1n) is 4.74. The van der Waals surface area contributed by atoms with Crippen LogP contribution >= 0.6 is 15.9 Å². The van der Waals surface area contributed by atoms with Crippen LogP contribution in [0.25, 0.3) is 0 Å². The summed E-state index contributed by atoms with van der Waals surface area (Å²) in [6.07, 6.45) is 2.46. The van der Waals surface area contributed by atoms with Gasteiger partial charge in [0.2, 0.25) is 0 Å². The number of hydrogen-bond acceptors (Lipinski definition) is 1. The lowest BCUT2D eigenvalue weighted by Gasteiger charge is -2.08. The molecule has 1 N–H and O–H groups in total. The summed E-state index contributed by atoms with van der Waals surface area (Å²) >= 11 is 3.54. The first-order chi connectivity index (χ1) is 6.24. The molecule has 0 bridgehead atoms. The molecule has 0 saturated heterocycles. The van der Waals surface area contributed by atoms with Gasteiger partial charge < -0.3 is 5.32 Å². The zero-order chi connectivity index (χ0) is 9.68. The number of benzene rings is 1. The van der Waals surface area contributed by atoms with E-state index >= 15 is 0 Å². The number of nitrogens with one attached hydrogen (secondary N) is 1. The highest BCUT2D eigenvalue weighted by atomic mass is 79.9. The van der Waals surface area contributed by atoms with Crippen molar-refractivity contribution in [3.8, 4) is 0 Å². The molecule has 0 aliphatic carbocycles. The number of aryl methyl sites for hydroxylation is 1. The molecule has 0 heterocycles. The van der Waals surface area contributed by atoms with E-state index in [1.165, 1.54) is 24.1 Å². The van der Waals surface area contributed by atoms with Crippen molar-refractivity contribution in [2.75, 3.05) is 11.9 Å². The van der Waals surface area contributed by atoms with Crippen LogP contribution in [0.2, 0.25) is 0 Å². The van der Waals surface area contributed by atoms with Gasteiger partial charge in [-0.05, 0) is 47.0 Å². The lowest BCUT2D eigenvalue weighted by atomic mass is 10.2. The number of halogens is 1. The summed E-state index contributed by atoms with van der Waals surface area (Å²) in [4.78, 5) is 0. The van der Waals surface area contributed by atoms with Gasteiger partial charge in [0.1, 0.15) is 0 Å². The lowest BCUT2D eigenvalue weighted by molar-refractivity contribution is 0.834. The van der Waals surface area contributed by atoms with Crippen molar-refractivity contribution < 1.29 is 0 Å². The van der Waals surface area contributed by atoms with Crippen LogP contribution in [0, 0.1) is 6.92 Å². The Morgan fingerprint density at radius 3 is 2.77 bits per heavy atom. The Balaban J connectivity index is 2.56. The van der Waals surface area contributed by atoms with Gasteiger partial charge in [-0.2, -0.15) is 0 Å². The molecular formula is C11H16BrN. The minimum Gasteiger partial charge on any atom is -0.384 e. The fourth-order valence-electron chi connectivity index (χ4n) is 1.16. The molecule has 0 spiro atoms. The standard InChI is InChI=1S/C11H16BrN/c1-3-4-7-13-11-6-5-9(2)8-10(11)12/h5-6,8,13H,3-4,7H2,1-2H3. The third-order valence-electron chi connectivity index (χ3n) is 1.97. The molecule has 2 heteroatoms. The largest absolute Gasteiger partial charge is 0.384 e. The van der Waals surface area contributed by atoms with Gasteiger partial charge in [-0.1, -0.05) is 19.4 Å². The maximum Gasteiger partial charge on any atom is 0.0484 e. The number of anilines is 1. The Morgan fingerprint density at radius 1 is 1.38 bits per heavy atom. The molecule has 0 unspecified atom stereocenters. The molecule has 0 radical (unpaired) electrons. The predicted molar refractivity (Wildman–Crippen MR) is 62.3 cm³/mol. The van der Waals surface area contributed by atoms with Crippen LogP contribution in [-0.2, 0) is 0 Å². The Morgan fingerprint density at radius 2 is 2.15 bits per heavy atom. The molecule has 1 nitrogen and oxygen atoms in total. The molecule has 0 fully saturated rings.